The number of nitrogens with zero attached hydrogens (tertiary/aromatic N) is 1. The van der Waals surface area contributed by atoms with Gasteiger partial charge >= 0.3 is 0 Å². The Morgan fingerprint density at radius 2 is 2.00 bits per heavy atom. The first kappa shape index (κ1) is 9.44. The summed E-state index contributed by atoms with van der Waals surface area (Å²) in [5, 5.41) is 3.52. The third-order valence-corrected chi connectivity index (χ3v) is 3.16. The molecule has 0 atom stereocenters. The first-order valence-corrected chi connectivity index (χ1v) is 5.45. The number of hydrogen-bond acceptors (Lipinski definition) is 3. The summed E-state index contributed by atoms with van der Waals surface area (Å²) < 4.78 is 5.21. The molecule has 0 aromatic heterocycles. The maximum atomic E-state index is 5.21. The van der Waals surface area contributed by atoms with E-state index in [1.165, 1.54) is 25.9 Å². The fraction of sp³-hybridized carbons (Fsp3) is 1.00. The van der Waals surface area contributed by atoms with Gasteiger partial charge in [0, 0.05) is 19.1 Å². The first-order valence-electron chi connectivity index (χ1n) is 5.45. The quantitative estimate of drug-likeness (QED) is 0.689. The molecule has 0 unspecified atom stereocenters. The van der Waals surface area contributed by atoms with Gasteiger partial charge in [-0.15, -0.1) is 0 Å². The van der Waals surface area contributed by atoms with Crippen molar-refractivity contribution in [2.45, 2.75) is 31.8 Å². The number of likely N-dealkylation sites (tertiary alicyclic amines) is 1. The Kier molecular flexibility index (Phi) is 3.19. The predicted octanol–water partition coefficient (Wildman–Crippen LogP) is 0.459. The van der Waals surface area contributed by atoms with E-state index in [1.807, 2.05) is 0 Å². The molecular formula is C10H20N2O. The summed E-state index contributed by atoms with van der Waals surface area (Å²) in [6, 6.07) is 1.50. The number of ether oxygens (including phenoxy) is 1. The van der Waals surface area contributed by atoms with E-state index in [-0.39, 0.29) is 0 Å². The van der Waals surface area contributed by atoms with Crippen LogP contribution in [0.2, 0.25) is 0 Å². The lowest BCUT2D eigenvalue weighted by atomic mass is 10.0. The molecule has 76 valence electrons. The lowest BCUT2D eigenvalue weighted by Crippen LogP contribution is -2.53. The number of nitrogens with one attached hydrogen (secondary N) is 1. The summed E-state index contributed by atoms with van der Waals surface area (Å²) in [6.45, 7) is 7.73. The van der Waals surface area contributed by atoms with Crippen LogP contribution in [0.5, 0.6) is 0 Å². The Labute approximate surface area is 80.4 Å². The molecule has 0 amide bonds. The maximum absolute atomic E-state index is 5.21. The molecule has 3 heteroatoms. The van der Waals surface area contributed by atoms with Gasteiger partial charge in [-0.3, -0.25) is 4.90 Å². The third-order valence-electron chi connectivity index (χ3n) is 3.16. The highest BCUT2D eigenvalue weighted by Gasteiger charge is 2.29. The van der Waals surface area contributed by atoms with Crippen LogP contribution in [-0.4, -0.2) is 49.8 Å². The van der Waals surface area contributed by atoms with Gasteiger partial charge in [0.1, 0.15) is 0 Å². The van der Waals surface area contributed by atoms with Crippen LogP contribution in [0.1, 0.15) is 19.8 Å². The van der Waals surface area contributed by atoms with Gasteiger partial charge in [0.25, 0.3) is 0 Å². The average Bonchev–Trinajstić information content (AvgIpc) is 2.06. The van der Waals surface area contributed by atoms with Crippen molar-refractivity contribution in [3.05, 3.63) is 0 Å². The maximum Gasteiger partial charge on any atom is 0.0645 e. The Bertz CT molecular complexity index is 151. The number of piperidine rings is 1. The van der Waals surface area contributed by atoms with Gasteiger partial charge in [-0.2, -0.15) is 0 Å². The van der Waals surface area contributed by atoms with Crippen molar-refractivity contribution < 1.29 is 4.74 Å². The van der Waals surface area contributed by atoms with Crippen molar-refractivity contribution in [3.63, 3.8) is 0 Å². The molecule has 13 heavy (non-hydrogen) atoms. The summed E-state index contributed by atoms with van der Waals surface area (Å²) in [4.78, 5) is 2.58. The molecule has 2 fully saturated rings. The van der Waals surface area contributed by atoms with E-state index >= 15 is 0 Å². The van der Waals surface area contributed by atoms with Crippen molar-refractivity contribution in [1.29, 1.82) is 0 Å². The number of rotatable bonds is 3. The van der Waals surface area contributed by atoms with E-state index in [1.54, 1.807) is 0 Å². The Hall–Kier alpha value is -0.120. The zero-order chi connectivity index (χ0) is 9.10. The summed E-state index contributed by atoms with van der Waals surface area (Å²) in [5.41, 5.74) is 0. The second-order valence-corrected chi connectivity index (χ2v) is 4.06. The van der Waals surface area contributed by atoms with Crippen molar-refractivity contribution in [1.82, 2.24) is 10.2 Å². The van der Waals surface area contributed by atoms with Gasteiger partial charge in [-0.25, -0.2) is 0 Å². The summed E-state index contributed by atoms with van der Waals surface area (Å²) in [5.74, 6) is 0. The van der Waals surface area contributed by atoms with Gasteiger partial charge in [-0.05, 0) is 19.4 Å². The van der Waals surface area contributed by atoms with Crippen molar-refractivity contribution in [2.75, 3.05) is 32.8 Å². The summed E-state index contributed by atoms with van der Waals surface area (Å²) >= 11 is 0. The predicted molar refractivity (Wildman–Crippen MR) is 52.9 cm³/mol. The lowest BCUT2D eigenvalue weighted by molar-refractivity contribution is -0.0718. The minimum atomic E-state index is 0.738. The Balaban J connectivity index is 1.69. The molecule has 2 aliphatic heterocycles. The second kappa shape index (κ2) is 4.40. The molecule has 2 heterocycles. The molecule has 2 aliphatic rings. The van der Waals surface area contributed by atoms with Gasteiger partial charge in [-0.1, -0.05) is 6.92 Å². The van der Waals surface area contributed by atoms with Crippen LogP contribution in [0.15, 0.2) is 0 Å². The molecule has 1 N–H and O–H groups in total. The normalized spacial score (nSPS) is 27.5. The van der Waals surface area contributed by atoms with E-state index in [0.717, 1.165) is 31.8 Å². The molecule has 0 spiro atoms. The molecule has 0 aliphatic carbocycles. The van der Waals surface area contributed by atoms with Gasteiger partial charge in [0.15, 0.2) is 0 Å². The first-order chi connectivity index (χ1) is 6.40. The highest BCUT2D eigenvalue weighted by molar-refractivity contribution is 4.84. The van der Waals surface area contributed by atoms with Crippen LogP contribution in [-0.2, 0) is 4.74 Å². The molecule has 0 saturated carbocycles. The Morgan fingerprint density at radius 3 is 2.46 bits per heavy atom. The zero-order valence-electron chi connectivity index (χ0n) is 8.46. The van der Waals surface area contributed by atoms with Crippen molar-refractivity contribution in [2.24, 2.45) is 0 Å². The average molecular weight is 184 g/mol. The molecule has 0 bridgehead atoms. The number of hydrogen-bond donors (Lipinski definition) is 1. The van der Waals surface area contributed by atoms with E-state index in [2.05, 4.69) is 17.1 Å². The molecule has 0 aromatic rings. The monoisotopic (exact) mass is 184 g/mol. The minimum Gasteiger partial charge on any atom is -0.378 e. The smallest absolute Gasteiger partial charge is 0.0645 e. The Morgan fingerprint density at radius 1 is 1.31 bits per heavy atom. The standard InChI is InChI=1S/C10H20N2O/c1-2-11-9-3-5-12(6-4-9)10-7-13-8-10/h9-11H,2-8H2,1H3. The SMILES string of the molecule is CCNC1CCN(C2COC2)CC1. The van der Waals surface area contributed by atoms with Crippen LogP contribution in [0.4, 0.5) is 0 Å². The van der Waals surface area contributed by atoms with E-state index in [0.29, 0.717) is 0 Å². The van der Waals surface area contributed by atoms with Crippen LogP contribution < -0.4 is 5.32 Å². The largest absolute Gasteiger partial charge is 0.378 e. The van der Waals surface area contributed by atoms with E-state index in [9.17, 15) is 0 Å². The highest BCUT2D eigenvalue weighted by Crippen LogP contribution is 2.17. The second-order valence-electron chi connectivity index (χ2n) is 4.06. The van der Waals surface area contributed by atoms with E-state index in [4.69, 9.17) is 4.74 Å². The van der Waals surface area contributed by atoms with Crippen LogP contribution in [0.3, 0.4) is 0 Å². The fourth-order valence-corrected chi connectivity index (χ4v) is 2.19. The molecule has 2 saturated heterocycles. The van der Waals surface area contributed by atoms with Crippen LogP contribution >= 0.6 is 0 Å². The fourth-order valence-electron chi connectivity index (χ4n) is 2.19. The highest BCUT2D eigenvalue weighted by atomic mass is 16.5. The zero-order valence-corrected chi connectivity index (χ0v) is 8.46. The van der Waals surface area contributed by atoms with Crippen LogP contribution in [0.25, 0.3) is 0 Å². The topological polar surface area (TPSA) is 24.5 Å². The van der Waals surface area contributed by atoms with Crippen molar-refractivity contribution in [3.8, 4) is 0 Å². The molecular weight excluding hydrogens is 164 g/mol. The van der Waals surface area contributed by atoms with Crippen LogP contribution in [0, 0.1) is 0 Å². The molecule has 2 rings (SSSR count). The van der Waals surface area contributed by atoms with Crippen molar-refractivity contribution >= 4 is 0 Å². The van der Waals surface area contributed by atoms with Gasteiger partial charge in [0.2, 0.25) is 0 Å². The van der Waals surface area contributed by atoms with Gasteiger partial charge in [0.05, 0.1) is 19.3 Å². The molecule has 3 nitrogen and oxygen atoms in total. The minimum absolute atomic E-state index is 0.738. The lowest BCUT2D eigenvalue weighted by Gasteiger charge is -2.41. The summed E-state index contributed by atoms with van der Waals surface area (Å²) in [6.07, 6.45) is 2.62. The third kappa shape index (κ3) is 2.22. The summed E-state index contributed by atoms with van der Waals surface area (Å²) in [7, 11) is 0. The van der Waals surface area contributed by atoms with Gasteiger partial charge < -0.3 is 10.1 Å². The molecule has 0 radical (unpaired) electrons. The molecule has 0 aromatic carbocycles. The van der Waals surface area contributed by atoms with E-state index < -0.39 is 0 Å².